The number of nitrogens with zero attached hydrogens (tertiary/aromatic N) is 6. The maximum Gasteiger partial charge on any atom is 0.186 e. The van der Waals surface area contributed by atoms with Crippen LogP contribution in [0.5, 0.6) is 0 Å². The van der Waals surface area contributed by atoms with Crippen LogP contribution in [0.15, 0.2) is 43.0 Å². The molecule has 1 aliphatic heterocycles. The second-order valence-electron chi connectivity index (χ2n) is 10.2. The molecule has 4 heterocycles. The fourth-order valence-electron chi connectivity index (χ4n) is 4.78. The standard InChI is InChI=1S/C26H35ClN6O2Si/c1-4-5-14-36(2,3)35-13-11-31-19-25(29-30-31)32-18-23(22-10-9-21(27)15-24(22)32)20-16-28-33(17-20)26-8-6-7-12-34-26/h9-10,15-19,26H,4-8,11-14H2,1-3H3. The van der Waals surface area contributed by atoms with E-state index in [0.717, 1.165) is 53.7 Å². The molecule has 0 spiro atoms. The van der Waals surface area contributed by atoms with Gasteiger partial charge in [-0.25, -0.2) is 9.36 Å². The van der Waals surface area contributed by atoms with Gasteiger partial charge < -0.3 is 9.16 Å². The average Bonchev–Trinajstić information content (AvgIpc) is 3.61. The molecule has 3 aromatic heterocycles. The zero-order valence-electron chi connectivity index (χ0n) is 21.4. The molecule has 4 aromatic rings. The highest BCUT2D eigenvalue weighted by Crippen LogP contribution is 2.34. The van der Waals surface area contributed by atoms with Crippen LogP contribution in [0, 0.1) is 0 Å². The average molecular weight is 527 g/mol. The number of rotatable bonds is 10. The lowest BCUT2D eigenvalue weighted by molar-refractivity contribution is -0.0394. The SMILES string of the molecule is CCCC[Si](C)(C)OCCn1cc(-n2cc(-c3cnn(C4CCCCO4)c3)c3ccc(Cl)cc32)nn1. The van der Waals surface area contributed by atoms with Crippen LogP contribution in [0.4, 0.5) is 0 Å². The van der Waals surface area contributed by atoms with Crippen LogP contribution in [0.2, 0.25) is 24.2 Å². The van der Waals surface area contributed by atoms with Gasteiger partial charge in [-0.05, 0) is 50.5 Å². The minimum Gasteiger partial charge on any atom is -0.415 e. The Morgan fingerprint density at radius 2 is 2.08 bits per heavy atom. The Kier molecular flexibility index (Phi) is 7.62. The van der Waals surface area contributed by atoms with Gasteiger partial charge in [-0.3, -0.25) is 4.57 Å². The van der Waals surface area contributed by atoms with E-state index < -0.39 is 8.32 Å². The van der Waals surface area contributed by atoms with Gasteiger partial charge in [0.1, 0.15) is 6.23 Å². The van der Waals surface area contributed by atoms with Gasteiger partial charge in [-0.1, -0.05) is 42.6 Å². The first-order valence-corrected chi connectivity index (χ1v) is 16.4. The first-order valence-electron chi connectivity index (χ1n) is 12.9. The van der Waals surface area contributed by atoms with Crippen LogP contribution in [-0.2, 0) is 15.7 Å². The lowest BCUT2D eigenvalue weighted by atomic mass is 10.1. The van der Waals surface area contributed by atoms with E-state index in [1.165, 1.54) is 18.9 Å². The number of hydrogen-bond donors (Lipinski definition) is 0. The Morgan fingerprint density at radius 1 is 1.19 bits per heavy atom. The quantitative estimate of drug-likeness (QED) is 0.222. The predicted molar refractivity (Wildman–Crippen MR) is 145 cm³/mol. The van der Waals surface area contributed by atoms with Gasteiger partial charge in [0.2, 0.25) is 0 Å². The molecule has 1 atom stereocenters. The lowest BCUT2D eigenvalue weighted by Crippen LogP contribution is -2.31. The Hall–Kier alpha value is -2.46. The maximum atomic E-state index is 6.39. The molecule has 1 saturated heterocycles. The van der Waals surface area contributed by atoms with E-state index in [2.05, 4.69) is 58.5 Å². The Balaban J connectivity index is 1.38. The molecule has 0 saturated carbocycles. The highest BCUT2D eigenvalue weighted by atomic mass is 35.5. The van der Waals surface area contributed by atoms with Gasteiger partial charge in [0.05, 0.1) is 31.1 Å². The van der Waals surface area contributed by atoms with Crippen LogP contribution in [0.1, 0.15) is 45.3 Å². The molecule has 10 heteroatoms. The van der Waals surface area contributed by atoms with Crippen LogP contribution < -0.4 is 0 Å². The molecular weight excluding hydrogens is 492 g/mol. The van der Waals surface area contributed by atoms with E-state index in [-0.39, 0.29) is 6.23 Å². The van der Waals surface area contributed by atoms with Gasteiger partial charge in [-0.2, -0.15) is 5.10 Å². The van der Waals surface area contributed by atoms with E-state index in [0.29, 0.717) is 18.2 Å². The molecular formula is C26H35ClN6O2Si. The molecule has 36 heavy (non-hydrogen) atoms. The number of ether oxygens (including phenoxy) is 1. The summed E-state index contributed by atoms with van der Waals surface area (Å²) in [7, 11) is -1.62. The zero-order chi connectivity index (χ0) is 25.1. The summed E-state index contributed by atoms with van der Waals surface area (Å²) in [5.41, 5.74) is 3.09. The topological polar surface area (TPSA) is 71.9 Å². The summed E-state index contributed by atoms with van der Waals surface area (Å²) in [5, 5.41) is 15.2. The summed E-state index contributed by atoms with van der Waals surface area (Å²) in [5.74, 6) is 0.749. The van der Waals surface area contributed by atoms with Crippen LogP contribution in [0.25, 0.3) is 27.8 Å². The third-order valence-corrected chi connectivity index (χ3v) is 9.63. The first-order chi connectivity index (χ1) is 17.4. The smallest absolute Gasteiger partial charge is 0.186 e. The number of unbranched alkanes of at least 4 members (excludes halogenated alkanes) is 1. The van der Waals surface area contributed by atoms with E-state index in [9.17, 15) is 0 Å². The summed E-state index contributed by atoms with van der Waals surface area (Å²) in [6, 6.07) is 7.14. The molecule has 1 aliphatic rings. The second-order valence-corrected chi connectivity index (χ2v) is 14.9. The molecule has 1 aromatic carbocycles. The first kappa shape index (κ1) is 25.2. The molecule has 1 unspecified atom stereocenters. The number of fused-ring (bicyclic) bond motifs is 1. The van der Waals surface area contributed by atoms with Crippen molar-refractivity contribution in [1.82, 2.24) is 29.3 Å². The summed E-state index contributed by atoms with van der Waals surface area (Å²) in [6.45, 7) is 8.91. The third kappa shape index (κ3) is 5.59. The normalized spacial score (nSPS) is 16.7. The third-order valence-electron chi connectivity index (χ3n) is 6.85. The van der Waals surface area contributed by atoms with Crippen molar-refractivity contribution >= 4 is 30.8 Å². The molecule has 8 nitrogen and oxygen atoms in total. The molecule has 0 N–H and O–H groups in total. The highest BCUT2D eigenvalue weighted by Gasteiger charge is 2.22. The highest BCUT2D eigenvalue weighted by molar-refractivity contribution is 6.71. The van der Waals surface area contributed by atoms with Gasteiger partial charge in [0.15, 0.2) is 14.1 Å². The molecule has 0 amide bonds. The van der Waals surface area contributed by atoms with Crippen molar-refractivity contribution < 1.29 is 9.16 Å². The molecule has 1 fully saturated rings. The zero-order valence-corrected chi connectivity index (χ0v) is 23.1. The van der Waals surface area contributed by atoms with E-state index in [4.69, 9.17) is 20.8 Å². The van der Waals surface area contributed by atoms with Crippen molar-refractivity contribution in [2.75, 3.05) is 13.2 Å². The van der Waals surface area contributed by atoms with Gasteiger partial charge in [0.25, 0.3) is 0 Å². The van der Waals surface area contributed by atoms with Crippen molar-refractivity contribution in [2.24, 2.45) is 0 Å². The Bertz CT molecular complexity index is 1310. The Labute approximate surface area is 218 Å². The van der Waals surface area contributed by atoms with Crippen molar-refractivity contribution in [3.63, 3.8) is 0 Å². The molecule has 5 rings (SSSR count). The Morgan fingerprint density at radius 3 is 2.89 bits per heavy atom. The summed E-state index contributed by atoms with van der Waals surface area (Å²) in [4.78, 5) is 0. The summed E-state index contributed by atoms with van der Waals surface area (Å²) >= 11 is 6.39. The second kappa shape index (κ2) is 10.9. The predicted octanol–water partition coefficient (Wildman–Crippen LogP) is 6.46. The van der Waals surface area contributed by atoms with Crippen LogP contribution in [0.3, 0.4) is 0 Å². The minimum absolute atomic E-state index is 0.00687. The molecule has 192 valence electrons. The van der Waals surface area contributed by atoms with Crippen molar-refractivity contribution in [3.8, 4) is 16.9 Å². The molecule has 0 aliphatic carbocycles. The van der Waals surface area contributed by atoms with Crippen molar-refractivity contribution in [3.05, 3.63) is 48.0 Å². The number of halogens is 1. The lowest BCUT2D eigenvalue weighted by Gasteiger charge is -2.22. The molecule has 0 radical (unpaired) electrons. The summed E-state index contributed by atoms with van der Waals surface area (Å²) < 4.78 is 18.0. The van der Waals surface area contributed by atoms with Crippen LogP contribution in [-0.4, -0.2) is 50.9 Å². The van der Waals surface area contributed by atoms with E-state index in [1.807, 2.05) is 33.9 Å². The van der Waals surface area contributed by atoms with Gasteiger partial charge in [0, 0.05) is 40.5 Å². The fourth-order valence-corrected chi connectivity index (χ4v) is 6.94. The van der Waals surface area contributed by atoms with Gasteiger partial charge in [-0.15, -0.1) is 5.10 Å². The summed E-state index contributed by atoms with van der Waals surface area (Å²) in [6.07, 6.45) is 13.7. The van der Waals surface area contributed by atoms with Crippen molar-refractivity contribution in [1.29, 1.82) is 0 Å². The van der Waals surface area contributed by atoms with Gasteiger partial charge >= 0.3 is 0 Å². The van der Waals surface area contributed by atoms with Crippen molar-refractivity contribution in [2.45, 2.75) is 70.9 Å². The minimum atomic E-state index is -1.62. The number of aromatic nitrogens is 6. The van der Waals surface area contributed by atoms with E-state index in [1.54, 1.807) is 0 Å². The largest absolute Gasteiger partial charge is 0.415 e. The fraction of sp³-hybridized carbons (Fsp3) is 0.500. The van der Waals surface area contributed by atoms with Crippen LogP contribution >= 0.6 is 11.6 Å². The van der Waals surface area contributed by atoms with E-state index >= 15 is 0 Å². The number of benzene rings is 1. The monoisotopic (exact) mass is 526 g/mol. The maximum absolute atomic E-state index is 6.39. The number of hydrogen-bond acceptors (Lipinski definition) is 5. The molecule has 0 bridgehead atoms.